The summed E-state index contributed by atoms with van der Waals surface area (Å²) in [6, 6.07) is 22.9. The molecule has 1 aliphatic heterocycles. The molecule has 1 saturated heterocycles. The van der Waals surface area contributed by atoms with E-state index in [4.69, 9.17) is 9.47 Å². The largest absolute Gasteiger partial charge is 0.342 e. The summed E-state index contributed by atoms with van der Waals surface area (Å²) >= 11 is 0. The molecule has 0 aliphatic carbocycles. The monoisotopic (exact) mass is 330 g/mol. The number of benzene rings is 3. The molecule has 0 unspecified atom stereocenters. The van der Waals surface area contributed by atoms with Crippen molar-refractivity contribution in [3.8, 4) is 0 Å². The van der Waals surface area contributed by atoms with E-state index in [2.05, 4.69) is 58.1 Å². The number of para-hydroxylation sites is 2. The zero-order chi connectivity index (χ0) is 16.7. The fraction of sp³-hybridized carbons (Fsp3) is 0.190. The minimum absolute atomic E-state index is 0.575. The van der Waals surface area contributed by atoms with Crippen molar-refractivity contribution in [2.24, 2.45) is 0 Å². The zero-order valence-electron chi connectivity index (χ0n) is 13.8. The van der Waals surface area contributed by atoms with E-state index in [1.165, 1.54) is 10.8 Å². The van der Waals surface area contributed by atoms with Crippen LogP contribution in [0.3, 0.4) is 0 Å². The molecule has 1 fully saturated rings. The maximum absolute atomic E-state index is 6.13. The first-order valence-corrected chi connectivity index (χ1v) is 8.51. The lowest BCUT2D eigenvalue weighted by atomic mass is 10.0. The predicted octanol–water partition coefficient (Wildman–Crippen LogP) is 4.09. The van der Waals surface area contributed by atoms with Crippen molar-refractivity contribution in [3.63, 3.8) is 0 Å². The van der Waals surface area contributed by atoms with Gasteiger partial charge in [-0.1, -0.05) is 48.5 Å². The van der Waals surface area contributed by atoms with Crippen LogP contribution >= 0.6 is 0 Å². The molecule has 0 spiro atoms. The van der Waals surface area contributed by atoms with Gasteiger partial charge in [0.2, 0.25) is 5.79 Å². The van der Waals surface area contributed by atoms with E-state index in [0.29, 0.717) is 19.8 Å². The van der Waals surface area contributed by atoms with Crippen molar-refractivity contribution in [1.82, 2.24) is 9.55 Å². The highest BCUT2D eigenvalue weighted by molar-refractivity contribution is 5.83. The van der Waals surface area contributed by atoms with E-state index in [1.54, 1.807) is 0 Å². The van der Waals surface area contributed by atoms with Crippen molar-refractivity contribution < 1.29 is 9.47 Å². The third kappa shape index (κ3) is 2.42. The van der Waals surface area contributed by atoms with Crippen molar-refractivity contribution in [1.29, 1.82) is 0 Å². The molecule has 2 heterocycles. The minimum Gasteiger partial charge on any atom is -0.342 e. The normalized spacial score (nSPS) is 16.6. The van der Waals surface area contributed by atoms with Crippen LogP contribution in [0.1, 0.15) is 5.56 Å². The molecule has 0 radical (unpaired) electrons. The highest BCUT2D eigenvalue weighted by atomic mass is 16.7. The van der Waals surface area contributed by atoms with Gasteiger partial charge in [0.1, 0.15) is 0 Å². The van der Waals surface area contributed by atoms with Gasteiger partial charge in [0.05, 0.1) is 37.1 Å². The molecule has 4 heteroatoms. The number of aromatic nitrogens is 2. The van der Waals surface area contributed by atoms with Crippen LogP contribution in [0.2, 0.25) is 0 Å². The van der Waals surface area contributed by atoms with Gasteiger partial charge in [-0.2, -0.15) is 0 Å². The van der Waals surface area contributed by atoms with Gasteiger partial charge in [-0.3, -0.25) is 0 Å². The fourth-order valence-electron chi connectivity index (χ4n) is 3.59. The van der Waals surface area contributed by atoms with Crippen LogP contribution in [-0.4, -0.2) is 22.8 Å². The third-order valence-corrected chi connectivity index (χ3v) is 4.85. The molecular weight excluding hydrogens is 312 g/mol. The zero-order valence-corrected chi connectivity index (χ0v) is 13.8. The average molecular weight is 330 g/mol. The first kappa shape index (κ1) is 14.6. The number of hydrogen-bond donors (Lipinski definition) is 0. The van der Waals surface area contributed by atoms with E-state index >= 15 is 0 Å². The van der Waals surface area contributed by atoms with Gasteiger partial charge >= 0.3 is 0 Å². The van der Waals surface area contributed by atoms with E-state index < -0.39 is 5.79 Å². The van der Waals surface area contributed by atoms with Crippen LogP contribution in [0.4, 0.5) is 0 Å². The predicted molar refractivity (Wildman–Crippen MR) is 97.3 cm³/mol. The minimum atomic E-state index is -0.770. The standard InChI is InChI=1S/C21H18N2O2/c1-2-6-17-13-18(10-9-16(17)5-1)21(24-11-12-25-21)14-23-15-22-19-7-3-4-8-20(19)23/h1-10,13,15H,11-12,14H2. The summed E-state index contributed by atoms with van der Waals surface area (Å²) in [6.45, 7) is 1.77. The Morgan fingerprint density at radius 1 is 0.880 bits per heavy atom. The highest BCUT2D eigenvalue weighted by Gasteiger charge is 2.39. The first-order valence-electron chi connectivity index (χ1n) is 8.51. The van der Waals surface area contributed by atoms with Gasteiger partial charge in [-0.15, -0.1) is 0 Å². The molecule has 1 aromatic heterocycles. The molecule has 0 atom stereocenters. The van der Waals surface area contributed by atoms with Gasteiger partial charge < -0.3 is 14.0 Å². The Morgan fingerprint density at radius 3 is 2.52 bits per heavy atom. The molecule has 124 valence electrons. The van der Waals surface area contributed by atoms with Gasteiger partial charge in [0.25, 0.3) is 0 Å². The molecule has 0 saturated carbocycles. The number of fused-ring (bicyclic) bond motifs is 2. The molecule has 0 N–H and O–H groups in total. The van der Waals surface area contributed by atoms with Crippen LogP contribution in [-0.2, 0) is 21.8 Å². The molecule has 0 bridgehead atoms. The average Bonchev–Trinajstić information content (AvgIpc) is 3.30. The molecule has 3 aromatic carbocycles. The molecule has 4 nitrogen and oxygen atoms in total. The Morgan fingerprint density at radius 2 is 1.64 bits per heavy atom. The van der Waals surface area contributed by atoms with E-state index in [0.717, 1.165) is 16.6 Å². The quantitative estimate of drug-likeness (QED) is 0.568. The van der Waals surface area contributed by atoms with Crippen molar-refractivity contribution in [2.75, 3.05) is 13.2 Å². The number of rotatable bonds is 3. The van der Waals surface area contributed by atoms with Crippen LogP contribution < -0.4 is 0 Å². The molecular formula is C21H18N2O2. The van der Waals surface area contributed by atoms with Gasteiger partial charge in [0, 0.05) is 5.56 Å². The smallest absolute Gasteiger partial charge is 0.213 e. The van der Waals surface area contributed by atoms with Crippen LogP contribution in [0.5, 0.6) is 0 Å². The fourth-order valence-corrected chi connectivity index (χ4v) is 3.59. The lowest BCUT2D eigenvalue weighted by Gasteiger charge is -2.28. The van der Waals surface area contributed by atoms with Gasteiger partial charge in [-0.05, 0) is 29.0 Å². The Labute approximate surface area is 145 Å². The maximum atomic E-state index is 6.13. The molecule has 25 heavy (non-hydrogen) atoms. The summed E-state index contributed by atoms with van der Waals surface area (Å²) in [5.41, 5.74) is 3.11. The summed E-state index contributed by atoms with van der Waals surface area (Å²) in [4.78, 5) is 4.49. The van der Waals surface area contributed by atoms with E-state index in [-0.39, 0.29) is 0 Å². The summed E-state index contributed by atoms with van der Waals surface area (Å²) in [7, 11) is 0. The Kier molecular flexibility index (Phi) is 3.33. The summed E-state index contributed by atoms with van der Waals surface area (Å²) < 4.78 is 14.4. The van der Waals surface area contributed by atoms with Crippen LogP contribution in [0.25, 0.3) is 21.8 Å². The number of hydrogen-bond acceptors (Lipinski definition) is 3. The van der Waals surface area contributed by atoms with Crippen molar-refractivity contribution >= 4 is 21.8 Å². The Hall–Kier alpha value is -2.69. The second-order valence-corrected chi connectivity index (χ2v) is 6.37. The summed E-state index contributed by atoms with van der Waals surface area (Å²) in [5.74, 6) is -0.770. The number of imidazole rings is 1. The van der Waals surface area contributed by atoms with Crippen LogP contribution in [0.15, 0.2) is 73.1 Å². The van der Waals surface area contributed by atoms with Crippen LogP contribution in [0, 0.1) is 0 Å². The summed E-state index contributed by atoms with van der Waals surface area (Å²) in [5, 5.41) is 2.40. The number of ether oxygens (including phenoxy) is 2. The maximum Gasteiger partial charge on any atom is 0.213 e. The Bertz CT molecular complexity index is 1050. The number of nitrogens with zero attached hydrogens (tertiary/aromatic N) is 2. The second kappa shape index (κ2) is 5.69. The third-order valence-electron chi connectivity index (χ3n) is 4.85. The molecule has 5 rings (SSSR count). The topological polar surface area (TPSA) is 36.3 Å². The first-order chi connectivity index (χ1) is 12.3. The second-order valence-electron chi connectivity index (χ2n) is 6.37. The SMILES string of the molecule is c1ccc2cc(C3(Cn4cnc5ccccc54)OCCO3)ccc2c1. The Balaban J connectivity index is 1.60. The molecule has 1 aliphatic rings. The molecule has 4 aromatic rings. The lowest BCUT2D eigenvalue weighted by molar-refractivity contribution is -0.175. The lowest BCUT2D eigenvalue weighted by Crippen LogP contribution is -2.32. The van der Waals surface area contributed by atoms with E-state index in [1.807, 2.05) is 24.5 Å². The molecule has 0 amide bonds. The van der Waals surface area contributed by atoms with Gasteiger partial charge in [-0.25, -0.2) is 4.98 Å². The van der Waals surface area contributed by atoms with Crippen molar-refractivity contribution in [2.45, 2.75) is 12.3 Å². The van der Waals surface area contributed by atoms with E-state index in [9.17, 15) is 0 Å². The summed E-state index contributed by atoms with van der Waals surface area (Å²) in [6.07, 6.45) is 1.86. The van der Waals surface area contributed by atoms with Crippen molar-refractivity contribution in [3.05, 3.63) is 78.6 Å². The van der Waals surface area contributed by atoms with Gasteiger partial charge in [0.15, 0.2) is 0 Å². The highest BCUT2D eigenvalue weighted by Crippen LogP contribution is 2.35.